The van der Waals surface area contributed by atoms with Gasteiger partial charge in [-0.25, -0.2) is 4.79 Å². The van der Waals surface area contributed by atoms with E-state index in [1.807, 2.05) is 0 Å². The Balaban J connectivity index is 1.53. The second-order valence-electron chi connectivity index (χ2n) is 7.01. The first kappa shape index (κ1) is 23.2. The minimum Gasteiger partial charge on any atom is -0.462 e. The van der Waals surface area contributed by atoms with Crippen molar-refractivity contribution in [3.63, 3.8) is 0 Å². The molecule has 0 spiro atoms. The van der Waals surface area contributed by atoms with Crippen molar-refractivity contribution in [2.24, 2.45) is 0 Å². The Bertz CT molecular complexity index is 1270. The monoisotopic (exact) mass is 501 g/mol. The highest BCUT2D eigenvalue weighted by Gasteiger charge is 2.35. The standard InChI is InChI=1S/C24H17Cl2NO5S/c1-2-31-23(29)18-11-15(5-9-19(18)26)20-10-8-17(32-20)12-21-22(28)27(24(30)33-21)13-14-3-6-16(25)7-4-14/h3-12H,2,13H2,1H3/b21-12+. The minimum atomic E-state index is -0.523. The van der Waals surface area contributed by atoms with Gasteiger partial charge in [-0.2, -0.15) is 0 Å². The van der Waals surface area contributed by atoms with Gasteiger partial charge >= 0.3 is 5.97 Å². The molecule has 2 amide bonds. The number of ether oxygens (including phenoxy) is 1. The summed E-state index contributed by atoms with van der Waals surface area (Å²) in [6.07, 6.45) is 1.53. The van der Waals surface area contributed by atoms with Gasteiger partial charge in [0.25, 0.3) is 11.1 Å². The third-order valence-corrected chi connectivity index (χ3v) is 6.26. The van der Waals surface area contributed by atoms with Crippen LogP contribution in [-0.4, -0.2) is 28.6 Å². The van der Waals surface area contributed by atoms with Crippen LogP contribution in [0.1, 0.15) is 28.6 Å². The summed E-state index contributed by atoms with van der Waals surface area (Å²) < 4.78 is 10.9. The van der Waals surface area contributed by atoms with E-state index in [0.29, 0.717) is 22.1 Å². The molecule has 2 aromatic carbocycles. The summed E-state index contributed by atoms with van der Waals surface area (Å²) in [5, 5.41) is 0.500. The molecule has 0 N–H and O–H groups in total. The number of hydrogen-bond acceptors (Lipinski definition) is 6. The van der Waals surface area contributed by atoms with Crippen molar-refractivity contribution in [1.29, 1.82) is 0 Å². The highest BCUT2D eigenvalue weighted by Crippen LogP contribution is 2.35. The fourth-order valence-corrected chi connectivity index (χ4v) is 4.31. The number of halogens is 2. The first-order valence-corrected chi connectivity index (χ1v) is 11.5. The number of furan rings is 1. The lowest BCUT2D eigenvalue weighted by Crippen LogP contribution is -2.27. The molecular formula is C24H17Cl2NO5S. The molecule has 0 saturated carbocycles. The maximum Gasteiger partial charge on any atom is 0.339 e. The number of rotatable bonds is 6. The fourth-order valence-electron chi connectivity index (χ4n) is 3.17. The Morgan fingerprint density at radius 2 is 1.85 bits per heavy atom. The quantitative estimate of drug-likeness (QED) is 0.277. The average molecular weight is 502 g/mol. The number of carbonyl (C=O) groups is 3. The van der Waals surface area contributed by atoms with Crippen LogP contribution in [0.2, 0.25) is 10.0 Å². The van der Waals surface area contributed by atoms with E-state index in [9.17, 15) is 14.4 Å². The lowest BCUT2D eigenvalue weighted by molar-refractivity contribution is -0.123. The lowest BCUT2D eigenvalue weighted by atomic mass is 10.1. The summed E-state index contributed by atoms with van der Waals surface area (Å²) in [7, 11) is 0. The molecule has 0 atom stereocenters. The Kier molecular flexibility index (Phi) is 6.93. The van der Waals surface area contributed by atoms with Crippen molar-refractivity contribution < 1.29 is 23.5 Å². The molecule has 0 unspecified atom stereocenters. The van der Waals surface area contributed by atoms with Crippen LogP contribution in [0, 0.1) is 0 Å². The number of esters is 1. The van der Waals surface area contributed by atoms with Gasteiger partial charge in [-0.05, 0) is 66.7 Å². The summed E-state index contributed by atoms with van der Waals surface area (Å²) in [4.78, 5) is 38.7. The number of benzene rings is 2. The van der Waals surface area contributed by atoms with E-state index in [1.54, 1.807) is 61.5 Å². The van der Waals surface area contributed by atoms with Gasteiger partial charge in [0.2, 0.25) is 0 Å². The molecule has 168 valence electrons. The third-order valence-electron chi connectivity index (χ3n) is 4.77. The van der Waals surface area contributed by atoms with E-state index < -0.39 is 11.9 Å². The molecule has 1 saturated heterocycles. The molecule has 9 heteroatoms. The van der Waals surface area contributed by atoms with Crippen molar-refractivity contribution >= 4 is 58.2 Å². The maximum absolute atomic E-state index is 12.8. The van der Waals surface area contributed by atoms with E-state index in [0.717, 1.165) is 17.3 Å². The number of nitrogens with zero attached hydrogens (tertiary/aromatic N) is 1. The molecule has 6 nitrogen and oxygen atoms in total. The van der Waals surface area contributed by atoms with Crippen LogP contribution in [-0.2, 0) is 16.1 Å². The number of amides is 2. The van der Waals surface area contributed by atoms with E-state index in [2.05, 4.69) is 0 Å². The van der Waals surface area contributed by atoms with E-state index in [-0.39, 0.29) is 33.9 Å². The summed E-state index contributed by atoms with van der Waals surface area (Å²) in [5.41, 5.74) is 1.65. The van der Waals surface area contributed by atoms with Gasteiger partial charge < -0.3 is 9.15 Å². The zero-order valence-electron chi connectivity index (χ0n) is 17.3. The maximum atomic E-state index is 12.8. The van der Waals surface area contributed by atoms with Crippen molar-refractivity contribution in [3.8, 4) is 11.3 Å². The SMILES string of the molecule is CCOC(=O)c1cc(-c2ccc(/C=C3/SC(=O)N(Cc4ccc(Cl)cc4)C3=O)o2)ccc1Cl. The smallest absolute Gasteiger partial charge is 0.339 e. The number of thioether (sulfide) groups is 1. The van der Waals surface area contributed by atoms with Crippen LogP contribution in [0.4, 0.5) is 4.79 Å². The highest BCUT2D eigenvalue weighted by molar-refractivity contribution is 8.18. The van der Waals surface area contributed by atoms with Crippen LogP contribution >= 0.6 is 35.0 Å². The summed E-state index contributed by atoms with van der Waals surface area (Å²) in [6, 6.07) is 15.2. The summed E-state index contributed by atoms with van der Waals surface area (Å²) in [5.74, 6) is -0.0435. The Morgan fingerprint density at radius 1 is 1.09 bits per heavy atom. The van der Waals surface area contributed by atoms with E-state index in [1.165, 1.54) is 11.0 Å². The second-order valence-corrected chi connectivity index (χ2v) is 8.85. The van der Waals surface area contributed by atoms with Crippen LogP contribution in [0.5, 0.6) is 0 Å². The van der Waals surface area contributed by atoms with Crippen LogP contribution in [0.3, 0.4) is 0 Å². The Hall–Kier alpha value is -3.00. The van der Waals surface area contributed by atoms with Gasteiger partial charge in [0.1, 0.15) is 11.5 Å². The minimum absolute atomic E-state index is 0.157. The molecule has 0 radical (unpaired) electrons. The predicted octanol–water partition coefficient (Wildman–Crippen LogP) is 6.67. The molecule has 1 fully saturated rings. The Morgan fingerprint density at radius 3 is 2.58 bits per heavy atom. The van der Waals surface area contributed by atoms with Crippen molar-refractivity contribution in [2.75, 3.05) is 6.61 Å². The first-order valence-electron chi connectivity index (χ1n) is 9.92. The van der Waals surface area contributed by atoms with Gasteiger partial charge in [0.05, 0.1) is 28.6 Å². The van der Waals surface area contributed by atoms with Crippen LogP contribution in [0.25, 0.3) is 17.4 Å². The van der Waals surface area contributed by atoms with Crippen molar-refractivity contribution in [1.82, 2.24) is 4.90 Å². The van der Waals surface area contributed by atoms with E-state index in [4.69, 9.17) is 32.4 Å². The zero-order valence-corrected chi connectivity index (χ0v) is 19.7. The number of hydrogen-bond donors (Lipinski definition) is 0. The largest absolute Gasteiger partial charge is 0.462 e. The van der Waals surface area contributed by atoms with Crippen LogP contribution in [0.15, 0.2) is 63.9 Å². The number of imide groups is 1. The van der Waals surface area contributed by atoms with E-state index >= 15 is 0 Å². The molecule has 3 aromatic rings. The molecular weight excluding hydrogens is 485 g/mol. The molecule has 4 rings (SSSR count). The summed E-state index contributed by atoms with van der Waals surface area (Å²) >= 11 is 12.9. The Labute approximate surface area is 204 Å². The zero-order chi connectivity index (χ0) is 23.5. The van der Waals surface area contributed by atoms with Gasteiger partial charge in [-0.1, -0.05) is 35.3 Å². The van der Waals surface area contributed by atoms with Crippen LogP contribution < -0.4 is 0 Å². The highest BCUT2D eigenvalue weighted by atomic mass is 35.5. The molecule has 0 aliphatic carbocycles. The lowest BCUT2D eigenvalue weighted by Gasteiger charge is -2.12. The average Bonchev–Trinajstić information content (AvgIpc) is 3.36. The predicted molar refractivity (Wildman–Crippen MR) is 128 cm³/mol. The topological polar surface area (TPSA) is 76.8 Å². The van der Waals surface area contributed by atoms with Gasteiger partial charge in [-0.15, -0.1) is 0 Å². The van der Waals surface area contributed by atoms with Crippen molar-refractivity contribution in [3.05, 3.63) is 86.4 Å². The number of carbonyl (C=O) groups excluding carboxylic acids is 3. The van der Waals surface area contributed by atoms with Gasteiger partial charge in [-0.3, -0.25) is 14.5 Å². The summed E-state index contributed by atoms with van der Waals surface area (Å²) in [6.45, 7) is 2.10. The molecule has 2 heterocycles. The van der Waals surface area contributed by atoms with Crippen molar-refractivity contribution in [2.45, 2.75) is 13.5 Å². The normalized spacial score (nSPS) is 14.9. The molecule has 1 aromatic heterocycles. The van der Waals surface area contributed by atoms with Gasteiger partial charge in [0.15, 0.2) is 0 Å². The molecule has 1 aliphatic heterocycles. The molecule has 1 aliphatic rings. The fraction of sp³-hybridized carbons (Fsp3) is 0.125. The molecule has 33 heavy (non-hydrogen) atoms. The molecule has 0 bridgehead atoms. The first-order chi connectivity index (χ1) is 15.9. The third kappa shape index (κ3) is 5.16. The second kappa shape index (κ2) is 9.87. The van der Waals surface area contributed by atoms with Gasteiger partial charge in [0, 0.05) is 16.7 Å².